The fourth-order valence-electron chi connectivity index (χ4n) is 3.99. The van der Waals surface area contributed by atoms with E-state index in [-0.39, 0.29) is 0 Å². The molecule has 1 heteroatoms. The third-order valence-electron chi connectivity index (χ3n) is 5.59. The number of anilines is 1. The zero-order valence-electron chi connectivity index (χ0n) is 15.1. The summed E-state index contributed by atoms with van der Waals surface area (Å²) in [4.78, 5) is 2.67. The van der Waals surface area contributed by atoms with Gasteiger partial charge in [-0.15, -0.1) is 0 Å². The standard InChI is InChI=1S/C21H35N/c1-5-8-12-18(13-9-6-2)20-16-22(17(4)7-3)21-15-11-10-14-19(20)21/h10-11,14-15,17-18,20H,5-9,12-13,16H2,1-4H3. The Morgan fingerprint density at radius 3 is 2.27 bits per heavy atom. The first-order valence-electron chi connectivity index (χ1n) is 9.58. The lowest BCUT2D eigenvalue weighted by Gasteiger charge is -2.29. The predicted molar refractivity (Wildman–Crippen MR) is 98.8 cm³/mol. The Hall–Kier alpha value is -0.980. The lowest BCUT2D eigenvalue weighted by Crippen LogP contribution is -2.32. The Morgan fingerprint density at radius 1 is 1.05 bits per heavy atom. The van der Waals surface area contributed by atoms with Crippen molar-refractivity contribution in [3.63, 3.8) is 0 Å². The van der Waals surface area contributed by atoms with Crippen molar-refractivity contribution in [3.05, 3.63) is 29.8 Å². The zero-order valence-corrected chi connectivity index (χ0v) is 15.1. The van der Waals surface area contributed by atoms with Gasteiger partial charge in [-0.1, -0.05) is 64.7 Å². The van der Waals surface area contributed by atoms with Crippen LogP contribution in [0.4, 0.5) is 5.69 Å². The van der Waals surface area contributed by atoms with Gasteiger partial charge in [-0.2, -0.15) is 0 Å². The molecule has 1 aromatic rings. The zero-order chi connectivity index (χ0) is 15.9. The molecule has 0 aromatic heterocycles. The molecular formula is C21H35N. The first-order valence-corrected chi connectivity index (χ1v) is 9.58. The molecule has 0 amide bonds. The van der Waals surface area contributed by atoms with Crippen molar-refractivity contribution in [1.82, 2.24) is 0 Å². The van der Waals surface area contributed by atoms with Crippen LogP contribution in [0.5, 0.6) is 0 Å². The van der Waals surface area contributed by atoms with Crippen molar-refractivity contribution in [2.24, 2.45) is 5.92 Å². The average molecular weight is 302 g/mol. The number of unbranched alkanes of at least 4 members (excludes halogenated alkanes) is 2. The van der Waals surface area contributed by atoms with Gasteiger partial charge < -0.3 is 4.90 Å². The van der Waals surface area contributed by atoms with Crippen LogP contribution >= 0.6 is 0 Å². The Bertz CT molecular complexity index is 431. The van der Waals surface area contributed by atoms with E-state index in [0.29, 0.717) is 6.04 Å². The van der Waals surface area contributed by atoms with E-state index in [2.05, 4.69) is 56.9 Å². The van der Waals surface area contributed by atoms with E-state index in [0.717, 1.165) is 11.8 Å². The summed E-state index contributed by atoms with van der Waals surface area (Å²) >= 11 is 0. The van der Waals surface area contributed by atoms with Crippen molar-refractivity contribution in [2.75, 3.05) is 11.4 Å². The number of para-hydroxylation sites is 1. The van der Waals surface area contributed by atoms with Gasteiger partial charge in [0.1, 0.15) is 0 Å². The molecule has 22 heavy (non-hydrogen) atoms. The average Bonchev–Trinajstić information content (AvgIpc) is 2.94. The van der Waals surface area contributed by atoms with E-state index >= 15 is 0 Å². The second-order valence-corrected chi connectivity index (χ2v) is 7.12. The lowest BCUT2D eigenvalue weighted by molar-refractivity contribution is 0.355. The van der Waals surface area contributed by atoms with Gasteiger partial charge in [0.15, 0.2) is 0 Å². The summed E-state index contributed by atoms with van der Waals surface area (Å²) < 4.78 is 0. The van der Waals surface area contributed by atoms with Crippen LogP contribution in [0.3, 0.4) is 0 Å². The van der Waals surface area contributed by atoms with Crippen LogP contribution < -0.4 is 4.90 Å². The SMILES string of the molecule is CCCCC(CCCC)C1CN(C(C)CC)c2ccccc21. The van der Waals surface area contributed by atoms with Crippen molar-refractivity contribution in [3.8, 4) is 0 Å². The van der Waals surface area contributed by atoms with E-state index in [1.807, 2.05) is 0 Å². The fourth-order valence-corrected chi connectivity index (χ4v) is 3.99. The minimum absolute atomic E-state index is 0.657. The van der Waals surface area contributed by atoms with E-state index in [9.17, 15) is 0 Å². The van der Waals surface area contributed by atoms with Crippen LogP contribution in [0.1, 0.15) is 84.1 Å². The number of hydrogen-bond donors (Lipinski definition) is 0. The molecule has 124 valence electrons. The molecule has 1 aliphatic heterocycles. The monoisotopic (exact) mass is 301 g/mol. The van der Waals surface area contributed by atoms with Gasteiger partial charge >= 0.3 is 0 Å². The number of benzene rings is 1. The Morgan fingerprint density at radius 2 is 1.68 bits per heavy atom. The Labute approximate surface area is 138 Å². The third-order valence-corrected chi connectivity index (χ3v) is 5.59. The first kappa shape index (κ1) is 17.4. The molecule has 0 saturated carbocycles. The molecule has 1 aliphatic rings. The van der Waals surface area contributed by atoms with E-state index in [4.69, 9.17) is 0 Å². The normalized spacial score (nSPS) is 18.8. The summed E-state index contributed by atoms with van der Waals surface area (Å²) in [6.07, 6.45) is 9.47. The van der Waals surface area contributed by atoms with Gasteiger partial charge in [0.05, 0.1) is 0 Å². The third kappa shape index (κ3) is 3.86. The smallest absolute Gasteiger partial charge is 0.0405 e. The summed E-state index contributed by atoms with van der Waals surface area (Å²) in [7, 11) is 0. The number of nitrogens with zero attached hydrogens (tertiary/aromatic N) is 1. The molecule has 2 atom stereocenters. The van der Waals surface area contributed by atoms with Crippen LogP contribution in [0, 0.1) is 5.92 Å². The highest BCUT2D eigenvalue weighted by atomic mass is 15.2. The molecule has 1 heterocycles. The van der Waals surface area contributed by atoms with Gasteiger partial charge in [0, 0.05) is 24.2 Å². The molecule has 0 fully saturated rings. The predicted octanol–water partition coefficient (Wildman–Crippen LogP) is 6.39. The molecule has 2 rings (SSSR count). The first-order chi connectivity index (χ1) is 10.7. The van der Waals surface area contributed by atoms with Crippen LogP contribution in [-0.2, 0) is 0 Å². The van der Waals surface area contributed by atoms with Crippen LogP contribution in [0.2, 0.25) is 0 Å². The molecule has 1 nitrogen and oxygen atoms in total. The minimum atomic E-state index is 0.657. The maximum absolute atomic E-state index is 2.67. The van der Waals surface area contributed by atoms with Crippen molar-refractivity contribution >= 4 is 5.69 Å². The largest absolute Gasteiger partial charge is 0.368 e. The van der Waals surface area contributed by atoms with E-state index in [1.165, 1.54) is 57.2 Å². The summed E-state index contributed by atoms with van der Waals surface area (Å²) in [6.45, 7) is 10.6. The van der Waals surface area contributed by atoms with Crippen LogP contribution in [-0.4, -0.2) is 12.6 Å². The highest BCUT2D eigenvalue weighted by Gasteiger charge is 2.34. The lowest BCUT2D eigenvalue weighted by atomic mass is 9.81. The molecular weight excluding hydrogens is 266 g/mol. The number of rotatable bonds is 9. The Balaban J connectivity index is 2.21. The summed E-state index contributed by atoms with van der Waals surface area (Å²) in [5.74, 6) is 1.62. The molecule has 2 unspecified atom stereocenters. The Kier molecular flexibility index (Phi) is 6.79. The molecule has 1 aromatic carbocycles. The maximum Gasteiger partial charge on any atom is 0.0405 e. The summed E-state index contributed by atoms with van der Waals surface area (Å²) in [5, 5.41) is 0. The topological polar surface area (TPSA) is 3.24 Å². The van der Waals surface area contributed by atoms with Gasteiger partial charge in [0.25, 0.3) is 0 Å². The molecule has 0 N–H and O–H groups in total. The maximum atomic E-state index is 2.67. The molecule has 0 radical (unpaired) electrons. The van der Waals surface area contributed by atoms with Crippen molar-refractivity contribution < 1.29 is 0 Å². The van der Waals surface area contributed by atoms with Gasteiger partial charge in [-0.05, 0) is 43.7 Å². The van der Waals surface area contributed by atoms with E-state index in [1.54, 1.807) is 5.56 Å². The van der Waals surface area contributed by atoms with Crippen LogP contribution in [0.25, 0.3) is 0 Å². The number of fused-ring (bicyclic) bond motifs is 1. The quantitative estimate of drug-likeness (QED) is 0.511. The second kappa shape index (κ2) is 8.60. The number of hydrogen-bond acceptors (Lipinski definition) is 1. The summed E-state index contributed by atoms with van der Waals surface area (Å²) in [6, 6.07) is 9.85. The van der Waals surface area contributed by atoms with Crippen LogP contribution in [0.15, 0.2) is 24.3 Å². The minimum Gasteiger partial charge on any atom is -0.368 e. The molecule has 0 aliphatic carbocycles. The van der Waals surface area contributed by atoms with E-state index < -0.39 is 0 Å². The van der Waals surface area contributed by atoms with Crippen molar-refractivity contribution in [2.45, 2.75) is 84.6 Å². The molecule has 0 saturated heterocycles. The molecule has 0 spiro atoms. The van der Waals surface area contributed by atoms with Gasteiger partial charge in [0.2, 0.25) is 0 Å². The van der Waals surface area contributed by atoms with Crippen molar-refractivity contribution in [1.29, 1.82) is 0 Å². The van der Waals surface area contributed by atoms with Gasteiger partial charge in [-0.25, -0.2) is 0 Å². The highest BCUT2D eigenvalue weighted by Crippen LogP contribution is 2.44. The molecule has 0 bridgehead atoms. The fraction of sp³-hybridized carbons (Fsp3) is 0.714. The second-order valence-electron chi connectivity index (χ2n) is 7.12. The van der Waals surface area contributed by atoms with Gasteiger partial charge in [-0.3, -0.25) is 0 Å². The summed E-state index contributed by atoms with van der Waals surface area (Å²) in [5.41, 5.74) is 3.14. The highest BCUT2D eigenvalue weighted by molar-refractivity contribution is 5.61.